The van der Waals surface area contributed by atoms with Gasteiger partial charge in [0.1, 0.15) is 11.6 Å². The number of carbonyl (C=O) groups excluding carboxylic acids is 2. The lowest BCUT2D eigenvalue weighted by molar-refractivity contribution is -0.274. The van der Waals surface area contributed by atoms with Crippen molar-refractivity contribution in [3.63, 3.8) is 0 Å². The number of fused-ring (bicyclic) bond motifs is 1. The Morgan fingerprint density at radius 3 is 2.66 bits per heavy atom. The number of halogens is 4. The van der Waals surface area contributed by atoms with E-state index in [1.807, 2.05) is 0 Å². The number of ether oxygens (including phenoxy) is 1. The zero-order valence-corrected chi connectivity index (χ0v) is 20.0. The van der Waals surface area contributed by atoms with E-state index in [0.29, 0.717) is 22.6 Å². The van der Waals surface area contributed by atoms with Crippen molar-refractivity contribution in [3.05, 3.63) is 71.4 Å². The van der Waals surface area contributed by atoms with Gasteiger partial charge in [-0.2, -0.15) is 5.10 Å². The number of benzene rings is 1. The number of aryl methyl sites for hydroxylation is 1. The van der Waals surface area contributed by atoms with Crippen LogP contribution in [0.2, 0.25) is 0 Å². The SMILES string of the molecule is Cc1ncc(-c2ccc3nc(NC(=O)CN)cn3n2)cc1C(=O)N[C@H](C)c1cc(OC(F)(F)F)ccc1F. The van der Waals surface area contributed by atoms with Gasteiger partial charge in [0.15, 0.2) is 11.5 Å². The molecule has 1 aromatic carbocycles. The maximum Gasteiger partial charge on any atom is 0.573 e. The molecular weight excluding hydrogens is 510 g/mol. The van der Waals surface area contributed by atoms with Crippen LogP contribution in [-0.2, 0) is 4.79 Å². The smallest absolute Gasteiger partial charge is 0.406 e. The van der Waals surface area contributed by atoms with Crippen LogP contribution in [0.1, 0.15) is 34.6 Å². The van der Waals surface area contributed by atoms with E-state index in [9.17, 15) is 27.2 Å². The number of amides is 2. The molecule has 4 rings (SSSR count). The quantitative estimate of drug-likeness (QED) is 0.311. The summed E-state index contributed by atoms with van der Waals surface area (Å²) < 4.78 is 57.3. The lowest BCUT2D eigenvalue weighted by Gasteiger charge is -2.18. The molecule has 0 aliphatic heterocycles. The van der Waals surface area contributed by atoms with Crippen LogP contribution >= 0.6 is 0 Å². The minimum atomic E-state index is -4.95. The first-order valence-electron chi connectivity index (χ1n) is 11.1. The highest BCUT2D eigenvalue weighted by molar-refractivity contribution is 5.96. The molecule has 0 saturated carbocycles. The van der Waals surface area contributed by atoms with Crippen molar-refractivity contribution in [3.8, 4) is 17.0 Å². The lowest BCUT2D eigenvalue weighted by Crippen LogP contribution is -2.28. The Labute approximate surface area is 212 Å². The van der Waals surface area contributed by atoms with Crippen LogP contribution in [0.3, 0.4) is 0 Å². The molecule has 4 aromatic rings. The standard InChI is InChI=1S/C24H21F4N7O3/c1-12-17(23(37)31-13(2)16-8-15(3-4-18(16)25)38-24(26,27)28)7-14(10-30-12)19-5-6-21-32-20(11-35(21)34-19)33-22(36)9-29/h3-8,10-11,13H,9,29H2,1-2H3,(H,31,37)(H,33,36)/t13-/m1/s1. The molecule has 4 N–H and O–H groups in total. The van der Waals surface area contributed by atoms with Crippen molar-refractivity contribution in [2.24, 2.45) is 5.73 Å². The van der Waals surface area contributed by atoms with Crippen LogP contribution in [0.4, 0.5) is 23.4 Å². The van der Waals surface area contributed by atoms with Crippen LogP contribution in [-0.4, -0.2) is 44.3 Å². The van der Waals surface area contributed by atoms with Crippen molar-refractivity contribution in [2.75, 3.05) is 11.9 Å². The second-order valence-corrected chi connectivity index (χ2v) is 8.18. The highest BCUT2D eigenvalue weighted by Gasteiger charge is 2.31. The number of rotatable bonds is 7. The molecule has 0 unspecified atom stereocenters. The maximum atomic E-state index is 14.3. The summed E-state index contributed by atoms with van der Waals surface area (Å²) in [5, 5.41) is 9.54. The molecule has 14 heteroatoms. The van der Waals surface area contributed by atoms with Crippen molar-refractivity contribution in [1.82, 2.24) is 24.9 Å². The first-order chi connectivity index (χ1) is 17.9. The number of alkyl halides is 3. The number of nitrogens with one attached hydrogen (secondary N) is 2. The lowest BCUT2D eigenvalue weighted by atomic mass is 10.0. The second-order valence-electron chi connectivity index (χ2n) is 8.18. The highest BCUT2D eigenvalue weighted by atomic mass is 19.4. The third-order valence-electron chi connectivity index (χ3n) is 5.42. The largest absolute Gasteiger partial charge is 0.573 e. The third kappa shape index (κ3) is 6.03. The molecule has 2 amide bonds. The molecule has 0 spiro atoms. The van der Waals surface area contributed by atoms with Gasteiger partial charge < -0.3 is 21.1 Å². The van der Waals surface area contributed by atoms with Crippen molar-refractivity contribution >= 4 is 23.3 Å². The summed E-state index contributed by atoms with van der Waals surface area (Å²) in [6.07, 6.45) is -1.94. The van der Waals surface area contributed by atoms with E-state index in [4.69, 9.17) is 5.73 Å². The number of aromatic nitrogens is 4. The summed E-state index contributed by atoms with van der Waals surface area (Å²) in [6.45, 7) is 2.82. The summed E-state index contributed by atoms with van der Waals surface area (Å²) in [4.78, 5) is 33.0. The fourth-order valence-electron chi connectivity index (χ4n) is 3.60. The Morgan fingerprint density at radius 2 is 1.95 bits per heavy atom. The van der Waals surface area contributed by atoms with E-state index in [2.05, 4.69) is 30.4 Å². The molecular formula is C24H21F4N7O3. The number of hydrogen-bond acceptors (Lipinski definition) is 7. The van der Waals surface area contributed by atoms with Gasteiger partial charge in [-0.3, -0.25) is 14.6 Å². The topological polar surface area (TPSA) is 137 Å². The summed E-state index contributed by atoms with van der Waals surface area (Å²) in [6, 6.07) is 6.39. The van der Waals surface area contributed by atoms with Crippen molar-refractivity contribution in [1.29, 1.82) is 0 Å². The molecule has 0 radical (unpaired) electrons. The second kappa shape index (κ2) is 10.4. The average molecular weight is 531 g/mol. The molecule has 0 fully saturated rings. The van der Waals surface area contributed by atoms with Crippen LogP contribution in [0, 0.1) is 12.7 Å². The van der Waals surface area contributed by atoms with Crippen LogP contribution in [0.25, 0.3) is 16.9 Å². The van der Waals surface area contributed by atoms with Crippen LogP contribution < -0.4 is 21.1 Å². The number of imidazole rings is 1. The zero-order chi connectivity index (χ0) is 27.6. The van der Waals surface area contributed by atoms with E-state index in [1.54, 1.807) is 19.1 Å². The predicted molar refractivity (Wildman–Crippen MR) is 128 cm³/mol. The van der Waals surface area contributed by atoms with Crippen molar-refractivity contribution < 1.29 is 31.9 Å². The van der Waals surface area contributed by atoms with Gasteiger partial charge in [0, 0.05) is 17.3 Å². The van der Waals surface area contributed by atoms with Gasteiger partial charge in [-0.1, -0.05) is 0 Å². The molecule has 3 heterocycles. The molecule has 198 valence electrons. The molecule has 0 saturated heterocycles. The minimum absolute atomic E-state index is 0.154. The number of pyridine rings is 1. The van der Waals surface area contributed by atoms with Crippen LogP contribution in [0.15, 0.2) is 48.8 Å². The Morgan fingerprint density at radius 1 is 1.18 bits per heavy atom. The summed E-state index contributed by atoms with van der Waals surface area (Å²) >= 11 is 0. The van der Waals surface area contributed by atoms with E-state index in [1.165, 1.54) is 29.9 Å². The number of hydrogen-bond donors (Lipinski definition) is 3. The first kappa shape index (κ1) is 26.5. The van der Waals surface area contributed by atoms with E-state index in [0.717, 1.165) is 18.2 Å². The highest BCUT2D eigenvalue weighted by Crippen LogP contribution is 2.28. The van der Waals surface area contributed by atoms with E-state index >= 15 is 0 Å². The first-order valence-corrected chi connectivity index (χ1v) is 11.1. The average Bonchev–Trinajstić information content (AvgIpc) is 3.25. The maximum absolute atomic E-state index is 14.3. The Bertz CT molecular complexity index is 1520. The molecule has 0 aliphatic rings. The Kier molecular flexibility index (Phi) is 7.26. The molecule has 10 nitrogen and oxygen atoms in total. The van der Waals surface area contributed by atoms with Crippen LogP contribution in [0.5, 0.6) is 5.75 Å². The number of anilines is 1. The summed E-state index contributed by atoms with van der Waals surface area (Å²) in [7, 11) is 0. The molecule has 3 aromatic heterocycles. The third-order valence-corrected chi connectivity index (χ3v) is 5.42. The van der Waals surface area contributed by atoms with Gasteiger partial charge in [-0.25, -0.2) is 13.9 Å². The van der Waals surface area contributed by atoms with E-state index in [-0.39, 0.29) is 23.5 Å². The predicted octanol–water partition coefficient (Wildman–Crippen LogP) is 3.53. The number of carbonyl (C=O) groups is 2. The van der Waals surface area contributed by atoms with E-state index < -0.39 is 35.8 Å². The molecule has 0 aliphatic carbocycles. The van der Waals surface area contributed by atoms with Crippen molar-refractivity contribution in [2.45, 2.75) is 26.3 Å². The van der Waals surface area contributed by atoms with Gasteiger partial charge in [0.25, 0.3) is 5.91 Å². The number of nitrogens with zero attached hydrogens (tertiary/aromatic N) is 4. The van der Waals surface area contributed by atoms with Gasteiger partial charge in [0.05, 0.1) is 35.7 Å². The fraction of sp³-hybridized carbons (Fsp3) is 0.208. The minimum Gasteiger partial charge on any atom is -0.406 e. The van der Waals surface area contributed by atoms with Gasteiger partial charge in [-0.15, -0.1) is 13.2 Å². The van der Waals surface area contributed by atoms with Gasteiger partial charge in [0.2, 0.25) is 5.91 Å². The Hall–Kier alpha value is -4.59. The summed E-state index contributed by atoms with van der Waals surface area (Å²) in [5.41, 5.74) is 6.99. The zero-order valence-electron chi connectivity index (χ0n) is 20.0. The van der Waals surface area contributed by atoms with Gasteiger partial charge in [-0.05, 0) is 50.2 Å². The fourth-order valence-corrected chi connectivity index (χ4v) is 3.60. The molecule has 38 heavy (non-hydrogen) atoms. The molecule has 1 atom stereocenters. The summed E-state index contributed by atoms with van der Waals surface area (Å²) in [5.74, 6) is -2.20. The Balaban J connectivity index is 1.57. The van der Waals surface area contributed by atoms with Gasteiger partial charge >= 0.3 is 6.36 Å². The normalized spacial score (nSPS) is 12.3. The monoisotopic (exact) mass is 531 g/mol. The number of nitrogens with two attached hydrogens (primary N) is 1. The molecule has 0 bridgehead atoms.